The summed E-state index contributed by atoms with van der Waals surface area (Å²) in [5.74, 6) is 1.04. The molecule has 102 valence electrons. The van der Waals surface area contributed by atoms with Crippen molar-refractivity contribution in [3.05, 3.63) is 60.7 Å². The van der Waals surface area contributed by atoms with E-state index in [1.54, 1.807) is 0 Å². The van der Waals surface area contributed by atoms with Crippen molar-refractivity contribution >= 4 is 0 Å². The third-order valence-electron chi connectivity index (χ3n) is 3.88. The Morgan fingerprint density at radius 1 is 1.21 bits per heavy atom. The molecule has 1 aromatic carbocycles. The summed E-state index contributed by atoms with van der Waals surface area (Å²) >= 11 is 0. The van der Waals surface area contributed by atoms with Gasteiger partial charge in [0.15, 0.2) is 0 Å². The van der Waals surface area contributed by atoms with Gasteiger partial charge in [-0.3, -0.25) is 0 Å². The van der Waals surface area contributed by atoms with Gasteiger partial charge in [-0.25, -0.2) is 0 Å². The monoisotopic (exact) mass is 256 g/mol. The summed E-state index contributed by atoms with van der Waals surface area (Å²) in [7, 11) is 0. The molecule has 0 heterocycles. The van der Waals surface area contributed by atoms with E-state index >= 15 is 0 Å². The van der Waals surface area contributed by atoms with E-state index in [9.17, 15) is 0 Å². The Morgan fingerprint density at radius 2 is 1.95 bits per heavy atom. The second kappa shape index (κ2) is 7.30. The van der Waals surface area contributed by atoms with Gasteiger partial charge in [-0.2, -0.15) is 0 Å². The Kier molecular flexibility index (Phi) is 5.41. The molecular formula is C18H24O. The van der Waals surface area contributed by atoms with Crippen LogP contribution in [0.1, 0.15) is 31.7 Å². The molecule has 3 atom stereocenters. The molecule has 0 radical (unpaired) electrons. The van der Waals surface area contributed by atoms with Gasteiger partial charge in [0.25, 0.3) is 0 Å². The first kappa shape index (κ1) is 14.1. The Bertz CT molecular complexity index is 407. The van der Waals surface area contributed by atoms with Crippen molar-refractivity contribution in [3.63, 3.8) is 0 Å². The molecule has 1 nitrogen and oxygen atoms in total. The summed E-state index contributed by atoms with van der Waals surface area (Å²) in [5.41, 5.74) is 1.25. The van der Waals surface area contributed by atoms with E-state index < -0.39 is 0 Å². The first-order valence-electron chi connectivity index (χ1n) is 7.30. The van der Waals surface area contributed by atoms with Gasteiger partial charge in [-0.1, -0.05) is 55.5 Å². The predicted octanol–water partition coefficient (Wildman–Crippen LogP) is 4.75. The molecule has 0 N–H and O–H groups in total. The van der Waals surface area contributed by atoms with Gasteiger partial charge in [-0.05, 0) is 24.8 Å². The Hall–Kier alpha value is -1.34. The normalized spacial score (nSPS) is 26.9. The second-order valence-corrected chi connectivity index (χ2v) is 5.24. The van der Waals surface area contributed by atoms with Crippen molar-refractivity contribution in [1.29, 1.82) is 0 Å². The van der Waals surface area contributed by atoms with E-state index in [1.807, 2.05) is 6.07 Å². The third kappa shape index (κ3) is 3.81. The van der Waals surface area contributed by atoms with Gasteiger partial charge in [0, 0.05) is 11.8 Å². The summed E-state index contributed by atoms with van der Waals surface area (Å²) < 4.78 is 6.18. The Labute approximate surface area is 117 Å². The quantitative estimate of drug-likeness (QED) is 0.667. The van der Waals surface area contributed by atoms with Crippen molar-refractivity contribution in [3.8, 4) is 0 Å². The smallest absolute Gasteiger partial charge is 0.0721 e. The zero-order valence-electron chi connectivity index (χ0n) is 11.8. The number of allylic oxidation sites excluding steroid dienone is 1. The molecule has 1 heteroatoms. The average molecular weight is 256 g/mol. The van der Waals surface area contributed by atoms with E-state index in [0.29, 0.717) is 24.5 Å². The van der Waals surface area contributed by atoms with Crippen molar-refractivity contribution in [2.45, 2.75) is 38.9 Å². The molecule has 3 unspecified atom stereocenters. The first-order chi connectivity index (χ1) is 9.35. The van der Waals surface area contributed by atoms with Crippen LogP contribution >= 0.6 is 0 Å². The number of hydrogen-bond donors (Lipinski definition) is 0. The zero-order chi connectivity index (χ0) is 13.5. The van der Waals surface area contributed by atoms with Gasteiger partial charge in [0.2, 0.25) is 0 Å². The van der Waals surface area contributed by atoms with Gasteiger partial charge in [0.05, 0.1) is 12.7 Å². The molecule has 0 bridgehead atoms. The highest BCUT2D eigenvalue weighted by molar-refractivity contribution is 5.14. The first-order valence-corrected chi connectivity index (χ1v) is 7.30. The van der Waals surface area contributed by atoms with Crippen LogP contribution in [0, 0.1) is 11.8 Å². The average Bonchev–Trinajstić information content (AvgIpc) is 2.86. The minimum Gasteiger partial charge on any atom is -0.372 e. The number of ether oxygens (including phenoxy) is 1. The molecule has 0 aromatic heterocycles. The number of hydrogen-bond acceptors (Lipinski definition) is 1. The summed E-state index contributed by atoms with van der Waals surface area (Å²) in [4.78, 5) is 0. The maximum atomic E-state index is 6.18. The van der Waals surface area contributed by atoms with Crippen LogP contribution in [-0.4, -0.2) is 6.10 Å². The molecule has 1 aliphatic rings. The molecule has 2 rings (SSSR count). The van der Waals surface area contributed by atoms with Gasteiger partial charge < -0.3 is 4.74 Å². The highest BCUT2D eigenvalue weighted by Crippen LogP contribution is 2.36. The number of rotatable bonds is 6. The van der Waals surface area contributed by atoms with E-state index in [2.05, 4.69) is 56.0 Å². The molecule has 19 heavy (non-hydrogen) atoms. The van der Waals surface area contributed by atoms with Crippen molar-refractivity contribution < 1.29 is 4.74 Å². The van der Waals surface area contributed by atoms with Gasteiger partial charge >= 0.3 is 0 Å². The van der Waals surface area contributed by atoms with Crippen LogP contribution in [0.4, 0.5) is 0 Å². The lowest BCUT2D eigenvalue weighted by molar-refractivity contribution is 0.00979. The fourth-order valence-corrected chi connectivity index (χ4v) is 2.81. The zero-order valence-corrected chi connectivity index (χ0v) is 11.8. The summed E-state index contributed by atoms with van der Waals surface area (Å²) in [5, 5.41) is 0. The van der Waals surface area contributed by atoms with E-state index in [-0.39, 0.29) is 0 Å². The largest absolute Gasteiger partial charge is 0.372 e. The van der Waals surface area contributed by atoms with Crippen LogP contribution in [-0.2, 0) is 11.3 Å². The maximum Gasteiger partial charge on any atom is 0.0721 e. The van der Waals surface area contributed by atoms with Gasteiger partial charge in [-0.15, -0.1) is 6.58 Å². The molecule has 1 saturated carbocycles. The lowest BCUT2D eigenvalue weighted by atomic mass is 10.00. The summed E-state index contributed by atoms with van der Waals surface area (Å²) in [6.45, 7) is 6.84. The van der Waals surface area contributed by atoms with Crippen molar-refractivity contribution in [2.75, 3.05) is 0 Å². The second-order valence-electron chi connectivity index (χ2n) is 5.24. The minimum atomic E-state index is 0.292. The van der Waals surface area contributed by atoms with E-state index in [4.69, 9.17) is 4.74 Å². The Morgan fingerprint density at radius 3 is 2.63 bits per heavy atom. The lowest BCUT2D eigenvalue weighted by Gasteiger charge is -2.22. The van der Waals surface area contributed by atoms with Crippen molar-refractivity contribution in [1.82, 2.24) is 0 Å². The lowest BCUT2D eigenvalue weighted by Crippen LogP contribution is -2.23. The molecule has 0 spiro atoms. The number of benzene rings is 1. The van der Waals surface area contributed by atoms with Gasteiger partial charge in [0.1, 0.15) is 0 Å². The van der Waals surface area contributed by atoms with Crippen LogP contribution < -0.4 is 0 Å². The van der Waals surface area contributed by atoms with Crippen LogP contribution in [0.5, 0.6) is 0 Å². The maximum absolute atomic E-state index is 6.18. The van der Waals surface area contributed by atoms with Crippen LogP contribution in [0.15, 0.2) is 55.1 Å². The molecule has 1 aliphatic carbocycles. The van der Waals surface area contributed by atoms with Crippen LogP contribution in [0.3, 0.4) is 0 Å². The fraction of sp³-hybridized carbons (Fsp3) is 0.444. The molecule has 0 aliphatic heterocycles. The predicted molar refractivity (Wildman–Crippen MR) is 80.9 cm³/mol. The molecule has 0 amide bonds. The van der Waals surface area contributed by atoms with Crippen LogP contribution in [0.2, 0.25) is 0 Å². The molecule has 1 fully saturated rings. The standard InChI is InChI=1S/C18H24O/c1-3-5-11-17-13-12-16(4-2)18(17)19-14-15-9-7-6-8-10-15/h4-11,16-18H,2-3,12-14H2,1H3. The molecule has 1 aromatic rings. The van der Waals surface area contributed by atoms with E-state index in [0.717, 1.165) is 6.42 Å². The fourth-order valence-electron chi connectivity index (χ4n) is 2.81. The van der Waals surface area contributed by atoms with Crippen molar-refractivity contribution in [2.24, 2.45) is 11.8 Å². The topological polar surface area (TPSA) is 9.23 Å². The Balaban J connectivity index is 1.97. The molecular weight excluding hydrogens is 232 g/mol. The summed E-state index contributed by atoms with van der Waals surface area (Å²) in [6, 6.07) is 10.4. The summed E-state index contributed by atoms with van der Waals surface area (Å²) in [6.07, 6.45) is 10.5. The van der Waals surface area contributed by atoms with Crippen LogP contribution in [0.25, 0.3) is 0 Å². The highest BCUT2D eigenvalue weighted by Gasteiger charge is 2.33. The minimum absolute atomic E-state index is 0.292. The third-order valence-corrected chi connectivity index (χ3v) is 3.88. The van der Waals surface area contributed by atoms with E-state index in [1.165, 1.54) is 18.4 Å². The highest BCUT2D eigenvalue weighted by atomic mass is 16.5. The SMILES string of the molecule is C=CC1CCC(C=CCC)C1OCc1ccccc1. The molecule has 0 saturated heterocycles.